The van der Waals surface area contributed by atoms with Gasteiger partial charge in [-0.25, -0.2) is 0 Å². The number of nitrogens with two attached hydrogens (primary N) is 1. The molecule has 5 nitrogen and oxygen atoms in total. The lowest BCUT2D eigenvalue weighted by atomic mass is 9.92. The standard InChI is InChI=1S/C11H21N3O2/c1-2-3-9-4-6-14(7-5-9)11(15)8-10(12)13-16/h9,16H,2-8H2,1H3,(H2,12,13). The fourth-order valence-corrected chi connectivity index (χ4v) is 2.18. The number of piperidine rings is 1. The highest BCUT2D eigenvalue weighted by Gasteiger charge is 2.22. The van der Waals surface area contributed by atoms with Gasteiger partial charge in [-0.15, -0.1) is 0 Å². The third-order valence-corrected chi connectivity index (χ3v) is 3.12. The van der Waals surface area contributed by atoms with Crippen molar-refractivity contribution in [3.63, 3.8) is 0 Å². The van der Waals surface area contributed by atoms with Crippen molar-refractivity contribution in [1.29, 1.82) is 0 Å². The van der Waals surface area contributed by atoms with E-state index in [1.807, 2.05) is 4.90 Å². The van der Waals surface area contributed by atoms with E-state index in [1.54, 1.807) is 0 Å². The summed E-state index contributed by atoms with van der Waals surface area (Å²) in [5, 5.41) is 11.2. The summed E-state index contributed by atoms with van der Waals surface area (Å²) in [5.74, 6) is 0.712. The molecule has 0 aromatic rings. The molecular weight excluding hydrogens is 206 g/mol. The molecule has 0 aromatic heterocycles. The van der Waals surface area contributed by atoms with Gasteiger partial charge in [0.25, 0.3) is 0 Å². The minimum Gasteiger partial charge on any atom is -0.409 e. The molecule has 0 unspecified atom stereocenters. The topological polar surface area (TPSA) is 78.9 Å². The maximum atomic E-state index is 11.7. The Morgan fingerprint density at radius 3 is 2.62 bits per heavy atom. The molecule has 1 heterocycles. The smallest absolute Gasteiger partial charge is 0.230 e. The van der Waals surface area contributed by atoms with Gasteiger partial charge in [-0.2, -0.15) is 0 Å². The molecule has 5 heteroatoms. The number of rotatable bonds is 4. The molecule has 1 aliphatic rings. The van der Waals surface area contributed by atoms with Gasteiger partial charge >= 0.3 is 0 Å². The predicted octanol–water partition coefficient (Wildman–Crippen LogP) is 1.16. The van der Waals surface area contributed by atoms with E-state index in [9.17, 15) is 4.79 Å². The van der Waals surface area contributed by atoms with Crippen LogP contribution in [-0.2, 0) is 4.79 Å². The van der Waals surface area contributed by atoms with Gasteiger partial charge in [-0.3, -0.25) is 4.79 Å². The molecule has 1 fully saturated rings. The molecule has 0 aromatic carbocycles. The molecular formula is C11H21N3O2. The Balaban J connectivity index is 2.33. The van der Waals surface area contributed by atoms with E-state index >= 15 is 0 Å². The number of carbonyl (C=O) groups is 1. The highest BCUT2D eigenvalue weighted by Crippen LogP contribution is 2.21. The van der Waals surface area contributed by atoms with Crippen molar-refractivity contribution in [3.8, 4) is 0 Å². The highest BCUT2D eigenvalue weighted by atomic mass is 16.4. The zero-order chi connectivity index (χ0) is 12.0. The molecule has 1 rings (SSSR count). The van der Waals surface area contributed by atoms with Crippen LogP contribution in [0.1, 0.15) is 39.0 Å². The first-order valence-corrected chi connectivity index (χ1v) is 5.91. The number of nitrogens with zero attached hydrogens (tertiary/aromatic N) is 2. The number of hydrogen-bond acceptors (Lipinski definition) is 3. The van der Waals surface area contributed by atoms with Gasteiger partial charge in [0.2, 0.25) is 5.91 Å². The van der Waals surface area contributed by atoms with Crippen LogP contribution in [0.3, 0.4) is 0 Å². The highest BCUT2D eigenvalue weighted by molar-refractivity contribution is 5.98. The molecule has 1 amide bonds. The average Bonchev–Trinajstić information content (AvgIpc) is 2.30. The Morgan fingerprint density at radius 1 is 1.50 bits per heavy atom. The Bertz CT molecular complexity index is 258. The van der Waals surface area contributed by atoms with Gasteiger partial charge in [0.1, 0.15) is 5.84 Å². The monoisotopic (exact) mass is 227 g/mol. The lowest BCUT2D eigenvalue weighted by Crippen LogP contribution is -2.40. The number of carbonyl (C=O) groups excluding carboxylic acids is 1. The summed E-state index contributed by atoms with van der Waals surface area (Å²) in [4.78, 5) is 13.5. The van der Waals surface area contributed by atoms with E-state index < -0.39 is 0 Å². The van der Waals surface area contributed by atoms with Gasteiger partial charge in [0, 0.05) is 13.1 Å². The van der Waals surface area contributed by atoms with E-state index in [1.165, 1.54) is 12.8 Å². The van der Waals surface area contributed by atoms with E-state index in [0.717, 1.165) is 31.8 Å². The molecule has 0 atom stereocenters. The third kappa shape index (κ3) is 3.72. The van der Waals surface area contributed by atoms with Crippen molar-refractivity contribution in [2.75, 3.05) is 13.1 Å². The van der Waals surface area contributed by atoms with Crippen LogP contribution in [0.25, 0.3) is 0 Å². The Morgan fingerprint density at radius 2 is 2.12 bits per heavy atom. The van der Waals surface area contributed by atoms with E-state index in [0.29, 0.717) is 0 Å². The van der Waals surface area contributed by atoms with E-state index in [-0.39, 0.29) is 18.2 Å². The van der Waals surface area contributed by atoms with E-state index in [4.69, 9.17) is 10.9 Å². The van der Waals surface area contributed by atoms with Crippen LogP contribution in [-0.4, -0.2) is 34.9 Å². The molecule has 1 saturated heterocycles. The van der Waals surface area contributed by atoms with Crippen LogP contribution in [0, 0.1) is 5.92 Å². The van der Waals surface area contributed by atoms with Crippen molar-refractivity contribution < 1.29 is 10.0 Å². The summed E-state index contributed by atoms with van der Waals surface area (Å²) < 4.78 is 0. The second-order valence-corrected chi connectivity index (χ2v) is 4.38. The normalized spacial score (nSPS) is 18.8. The van der Waals surface area contributed by atoms with Crippen molar-refractivity contribution in [2.24, 2.45) is 16.8 Å². The fraction of sp³-hybridized carbons (Fsp3) is 0.818. The van der Waals surface area contributed by atoms with Crippen molar-refractivity contribution in [3.05, 3.63) is 0 Å². The third-order valence-electron chi connectivity index (χ3n) is 3.12. The van der Waals surface area contributed by atoms with Crippen molar-refractivity contribution >= 4 is 11.7 Å². The van der Waals surface area contributed by atoms with Gasteiger partial charge in [-0.05, 0) is 18.8 Å². The van der Waals surface area contributed by atoms with Crippen molar-refractivity contribution in [1.82, 2.24) is 4.90 Å². The second-order valence-electron chi connectivity index (χ2n) is 4.38. The summed E-state index contributed by atoms with van der Waals surface area (Å²) in [7, 11) is 0. The Hall–Kier alpha value is -1.26. The first-order valence-electron chi connectivity index (χ1n) is 5.91. The fourth-order valence-electron chi connectivity index (χ4n) is 2.18. The second kappa shape index (κ2) is 6.35. The zero-order valence-electron chi connectivity index (χ0n) is 9.85. The molecule has 0 spiro atoms. The molecule has 0 radical (unpaired) electrons. The summed E-state index contributed by atoms with van der Waals surface area (Å²) >= 11 is 0. The molecule has 1 aliphatic heterocycles. The van der Waals surface area contributed by atoms with E-state index in [2.05, 4.69) is 12.1 Å². The number of hydrogen-bond donors (Lipinski definition) is 2. The quantitative estimate of drug-likeness (QED) is 0.327. The van der Waals surface area contributed by atoms with Gasteiger partial charge in [-0.1, -0.05) is 24.9 Å². The molecule has 16 heavy (non-hydrogen) atoms. The van der Waals surface area contributed by atoms with Crippen molar-refractivity contribution in [2.45, 2.75) is 39.0 Å². The van der Waals surface area contributed by atoms with Crippen LogP contribution in [0.5, 0.6) is 0 Å². The first-order chi connectivity index (χ1) is 7.67. The van der Waals surface area contributed by atoms with Crippen LogP contribution in [0.4, 0.5) is 0 Å². The maximum absolute atomic E-state index is 11.7. The Labute approximate surface area is 96.3 Å². The average molecular weight is 227 g/mol. The molecule has 0 saturated carbocycles. The minimum absolute atomic E-state index is 0.0133. The number of amides is 1. The predicted molar refractivity (Wildman–Crippen MR) is 62.2 cm³/mol. The summed E-state index contributed by atoms with van der Waals surface area (Å²) in [5.41, 5.74) is 5.31. The zero-order valence-corrected chi connectivity index (χ0v) is 9.85. The lowest BCUT2D eigenvalue weighted by Gasteiger charge is -2.31. The number of amidine groups is 1. The first kappa shape index (κ1) is 12.8. The number of oxime groups is 1. The van der Waals surface area contributed by atoms with Crippen LogP contribution < -0.4 is 5.73 Å². The minimum atomic E-state index is -0.0368. The summed E-state index contributed by atoms with van der Waals surface area (Å²) in [6.45, 7) is 3.81. The summed E-state index contributed by atoms with van der Waals surface area (Å²) in [6, 6.07) is 0. The largest absolute Gasteiger partial charge is 0.409 e. The summed E-state index contributed by atoms with van der Waals surface area (Å²) in [6.07, 6.45) is 4.64. The number of likely N-dealkylation sites (tertiary alicyclic amines) is 1. The van der Waals surface area contributed by atoms with Gasteiger partial charge in [0.05, 0.1) is 6.42 Å². The molecule has 0 bridgehead atoms. The Kier molecular flexibility index (Phi) is 5.08. The van der Waals surface area contributed by atoms with Crippen LogP contribution >= 0.6 is 0 Å². The SMILES string of the molecule is CCCC1CCN(C(=O)CC(N)=NO)CC1. The maximum Gasteiger partial charge on any atom is 0.230 e. The molecule has 92 valence electrons. The molecule has 0 aliphatic carbocycles. The lowest BCUT2D eigenvalue weighted by molar-refractivity contribution is -0.131. The van der Waals surface area contributed by atoms with Crippen LogP contribution in [0.15, 0.2) is 5.16 Å². The van der Waals surface area contributed by atoms with Gasteiger partial charge in [0.15, 0.2) is 0 Å². The molecule has 3 N–H and O–H groups in total. The van der Waals surface area contributed by atoms with Crippen LogP contribution in [0.2, 0.25) is 0 Å². The van der Waals surface area contributed by atoms with Gasteiger partial charge < -0.3 is 15.8 Å².